The predicted octanol–water partition coefficient (Wildman–Crippen LogP) is 16.3. The molecule has 336 valence electrons. The van der Waals surface area contributed by atoms with Crippen molar-refractivity contribution in [1.29, 1.82) is 0 Å². The van der Waals surface area contributed by atoms with Crippen LogP contribution < -0.4 is 0 Å². The Morgan fingerprint density at radius 2 is 0.741 bits per heavy atom. The molecule has 0 radical (unpaired) electrons. The van der Waals surface area contributed by atoms with Gasteiger partial charge in [-0.25, -0.2) is 0 Å². The van der Waals surface area contributed by atoms with Gasteiger partial charge in [0.15, 0.2) is 6.10 Å². The van der Waals surface area contributed by atoms with E-state index in [9.17, 15) is 14.7 Å². The first-order chi connectivity index (χ1) is 28.6. The van der Waals surface area contributed by atoms with Gasteiger partial charge in [-0.2, -0.15) is 0 Å². The van der Waals surface area contributed by atoms with Crippen molar-refractivity contribution < 1.29 is 24.2 Å². The Balaban J connectivity index is 3.53. The van der Waals surface area contributed by atoms with Gasteiger partial charge in [-0.1, -0.05) is 235 Å². The highest BCUT2D eigenvalue weighted by Gasteiger charge is 2.16. The molecule has 1 atom stereocenters. The van der Waals surface area contributed by atoms with Crippen LogP contribution in [-0.2, 0) is 19.1 Å². The molecule has 5 nitrogen and oxygen atoms in total. The zero-order valence-electron chi connectivity index (χ0n) is 38.3. The minimum Gasteiger partial charge on any atom is -0.462 e. The van der Waals surface area contributed by atoms with E-state index in [4.69, 9.17) is 9.47 Å². The van der Waals surface area contributed by atoms with Gasteiger partial charge in [0.2, 0.25) is 0 Å². The lowest BCUT2D eigenvalue weighted by Crippen LogP contribution is -2.28. The average molecular weight is 811 g/mol. The van der Waals surface area contributed by atoms with Crippen LogP contribution in [0.1, 0.15) is 245 Å². The van der Waals surface area contributed by atoms with Crippen LogP contribution in [0.3, 0.4) is 0 Å². The maximum Gasteiger partial charge on any atom is 0.306 e. The van der Waals surface area contributed by atoms with Crippen molar-refractivity contribution in [1.82, 2.24) is 0 Å². The van der Waals surface area contributed by atoms with Crippen molar-refractivity contribution in [3.8, 4) is 0 Å². The second kappa shape index (κ2) is 49.0. The smallest absolute Gasteiger partial charge is 0.306 e. The molecule has 0 fully saturated rings. The molecule has 0 aromatic rings. The van der Waals surface area contributed by atoms with Crippen LogP contribution in [0.4, 0.5) is 0 Å². The summed E-state index contributed by atoms with van der Waals surface area (Å²) < 4.78 is 10.7. The summed E-state index contributed by atoms with van der Waals surface area (Å²) in [5, 5.41) is 9.62. The molecule has 0 aromatic heterocycles. The summed E-state index contributed by atoms with van der Waals surface area (Å²) in [6.07, 6.45) is 64.5. The summed E-state index contributed by atoms with van der Waals surface area (Å²) in [7, 11) is 0. The number of rotatable bonds is 45. The fourth-order valence-electron chi connectivity index (χ4n) is 7.11. The molecule has 0 saturated carbocycles. The van der Waals surface area contributed by atoms with Crippen molar-refractivity contribution in [2.75, 3.05) is 13.2 Å². The first kappa shape index (κ1) is 55.6. The number of aliphatic hydroxyl groups is 1. The Bertz CT molecular complexity index is 1010. The lowest BCUT2D eigenvalue weighted by molar-refractivity contribution is -0.161. The third kappa shape index (κ3) is 46.3. The summed E-state index contributed by atoms with van der Waals surface area (Å²) in [6.45, 7) is 4.04. The normalized spacial score (nSPS) is 12.7. The van der Waals surface area contributed by atoms with Crippen LogP contribution in [0, 0.1) is 0 Å². The van der Waals surface area contributed by atoms with Crippen LogP contribution in [0.15, 0.2) is 60.8 Å². The number of ether oxygens (including phenoxy) is 2. The predicted molar refractivity (Wildman–Crippen MR) is 251 cm³/mol. The van der Waals surface area contributed by atoms with Crippen LogP contribution in [0.2, 0.25) is 0 Å². The molecule has 0 aromatic carbocycles. The van der Waals surface area contributed by atoms with E-state index in [-0.39, 0.29) is 25.2 Å². The number of aliphatic hydroxyl groups excluding tert-OH is 1. The van der Waals surface area contributed by atoms with Gasteiger partial charge in [-0.05, 0) is 57.8 Å². The summed E-state index contributed by atoms with van der Waals surface area (Å²) >= 11 is 0. The van der Waals surface area contributed by atoms with E-state index in [0.717, 1.165) is 77.0 Å². The van der Waals surface area contributed by atoms with Gasteiger partial charge in [-0.3, -0.25) is 9.59 Å². The SMILES string of the molecule is CC/C=C\C/C=C\C/C=C\C/C=C\C/C=C\CCCCCCCCCC(=O)OC(CO)COC(=O)CCCCCCCCCCCCCCCCCCCCCCC. The summed E-state index contributed by atoms with van der Waals surface area (Å²) in [5.41, 5.74) is 0. The fourth-order valence-corrected chi connectivity index (χ4v) is 7.11. The van der Waals surface area contributed by atoms with Gasteiger partial charge in [0.25, 0.3) is 0 Å². The topological polar surface area (TPSA) is 72.8 Å². The molecule has 1 N–H and O–H groups in total. The van der Waals surface area contributed by atoms with E-state index in [2.05, 4.69) is 74.6 Å². The highest BCUT2D eigenvalue weighted by molar-refractivity contribution is 5.70. The first-order valence-electron chi connectivity index (χ1n) is 24.8. The molecule has 0 aliphatic heterocycles. The van der Waals surface area contributed by atoms with Gasteiger partial charge in [0.05, 0.1) is 6.61 Å². The third-order valence-corrected chi connectivity index (χ3v) is 10.8. The van der Waals surface area contributed by atoms with Gasteiger partial charge < -0.3 is 14.6 Å². The average Bonchev–Trinajstić information content (AvgIpc) is 3.23. The minimum atomic E-state index is -0.779. The quantitative estimate of drug-likeness (QED) is 0.0377. The Morgan fingerprint density at radius 3 is 1.12 bits per heavy atom. The van der Waals surface area contributed by atoms with Crippen molar-refractivity contribution >= 4 is 11.9 Å². The second-order valence-corrected chi connectivity index (χ2v) is 16.5. The Morgan fingerprint density at radius 1 is 0.414 bits per heavy atom. The Labute approximate surface area is 360 Å². The van der Waals surface area contributed by atoms with Crippen molar-refractivity contribution in [3.63, 3.8) is 0 Å². The molecule has 0 rings (SSSR count). The maximum absolute atomic E-state index is 12.3. The van der Waals surface area contributed by atoms with Gasteiger partial charge in [0.1, 0.15) is 6.61 Å². The number of hydrogen-bond donors (Lipinski definition) is 1. The highest BCUT2D eigenvalue weighted by atomic mass is 16.6. The minimum absolute atomic E-state index is 0.0695. The number of carbonyl (C=O) groups is 2. The molecule has 0 amide bonds. The molecule has 0 heterocycles. The van der Waals surface area contributed by atoms with Gasteiger partial charge in [-0.15, -0.1) is 0 Å². The summed E-state index contributed by atoms with van der Waals surface area (Å²) in [5.74, 6) is -0.596. The van der Waals surface area contributed by atoms with E-state index in [1.165, 1.54) is 141 Å². The molecule has 1 unspecified atom stereocenters. The van der Waals surface area contributed by atoms with E-state index in [1.807, 2.05) is 0 Å². The molecular weight excluding hydrogens is 717 g/mol. The van der Waals surface area contributed by atoms with Crippen LogP contribution in [0.25, 0.3) is 0 Å². The van der Waals surface area contributed by atoms with E-state index < -0.39 is 6.10 Å². The maximum atomic E-state index is 12.3. The fraction of sp³-hybridized carbons (Fsp3) is 0.774. The second-order valence-electron chi connectivity index (χ2n) is 16.5. The van der Waals surface area contributed by atoms with E-state index >= 15 is 0 Å². The van der Waals surface area contributed by atoms with Crippen LogP contribution >= 0.6 is 0 Å². The van der Waals surface area contributed by atoms with Gasteiger partial charge >= 0.3 is 11.9 Å². The Hall–Kier alpha value is -2.40. The van der Waals surface area contributed by atoms with Gasteiger partial charge in [0, 0.05) is 12.8 Å². The number of carbonyl (C=O) groups excluding carboxylic acids is 2. The number of allylic oxidation sites excluding steroid dienone is 10. The number of unbranched alkanes of at least 4 members (excludes halogenated alkanes) is 27. The Kier molecular flexibility index (Phi) is 46.9. The first-order valence-corrected chi connectivity index (χ1v) is 24.8. The van der Waals surface area contributed by atoms with Crippen molar-refractivity contribution in [2.24, 2.45) is 0 Å². The standard InChI is InChI=1S/C53H94O5/c1-3-5-7-9-11-13-15-17-19-21-23-25-26-28-30-32-34-36-38-40-42-44-46-48-53(56)58-51(49-54)50-57-52(55)47-45-43-41-39-37-35-33-31-29-27-24-22-20-18-16-14-12-10-8-6-4-2/h5,7,11,13,17,19,23,25,28,30,51,54H,3-4,6,8-10,12,14-16,18,20-22,24,26-27,29,31-50H2,1-2H3/b7-5-,13-11-,19-17-,25-23-,30-28-. The molecule has 5 heteroatoms. The zero-order chi connectivity index (χ0) is 42.1. The molecule has 0 bridgehead atoms. The number of esters is 2. The molecule has 0 aliphatic carbocycles. The van der Waals surface area contributed by atoms with E-state index in [1.54, 1.807) is 0 Å². The lowest BCUT2D eigenvalue weighted by atomic mass is 10.0. The summed E-state index contributed by atoms with van der Waals surface area (Å²) in [6, 6.07) is 0. The van der Waals surface area contributed by atoms with E-state index in [0.29, 0.717) is 12.8 Å². The molecule has 0 spiro atoms. The zero-order valence-corrected chi connectivity index (χ0v) is 38.3. The lowest BCUT2D eigenvalue weighted by Gasteiger charge is -2.15. The third-order valence-electron chi connectivity index (χ3n) is 10.8. The molecular formula is C53H94O5. The molecule has 0 saturated heterocycles. The van der Waals surface area contributed by atoms with Crippen molar-refractivity contribution in [3.05, 3.63) is 60.8 Å². The largest absolute Gasteiger partial charge is 0.462 e. The molecule has 0 aliphatic rings. The molecule has 58 heavy (non-hydrogen) atoms. The van der Waals surface area contributed by atoms with Crippen LogP contribution in [0.5, 0.6) is 0 Å². The monoisotopic (exact) mass is 811 g/mol. The number of hydrogen-bond acceptors (Lipinski definition) is 5. The van der Waals surface area contributed by atoms with Crippen LogP contribution in [-0.4, -0.2) is 36.4 Å². The van der Waals surface area contributed by atoms with Crippen molar-refractivity contribution in [2.45, 2.75) is 251 Å². The highest BCUT2D eigenvalue weighted by Crippen LogP contribution is 2.16. The summed E-state index contributed by atoms with van der Waals surface area (Å²) in [4.78, 5) is 24.4.